The fourth-order valence-electron chi connectivity index (χ4n) is 2.24. The van der Waals surface area contributed by atoms with Gasteiger partial charge in [0, 0.05) is 25.0 Å². The highest BCUT2D eigenvalue weighted by molar-refractivity contribution is 9.10. The second-order valence-electron chi connectivity index (χ2n) is 5.75. The number of halogens is 4. The zero-order valence-corrected chi connectivity index (χ0v) is 15.6. The van der Waals surface area contributed by atoms with E-state index in [1.807, 2.05) is 6.92 Å². The number of amides is 1. The third-order valence-electron chi connectivity index (χ3n) is 3.75. The molecule has 2 rings (SSSR count). The Labute approximate surface area is 151 Å². The van der Waals surface area contributed by atoms with Gasteiger partial charge in [0.15, 0.2) is 5.69 Å². The highest BCUT2D eigenvalue weighted by atomic mass is 79.9. The normalized spacial score (nSPS) is 13.1. The summed E-state index contributed by atoms with van der Waals surface area (Å²) >= 11 is 3.34. The van der Waals surface area contributed by atoms with E-state index in [4.69, 9.17) is 0 Å². The van der Waals surface area contributed by atoms with Gasteiger partial charge >= 0.3 is 6.18 Å². The molecule has 1 atom stereocenters. The number of rotatable bonds is 6. The minimum atomic E-state index is -4.45. The van der Waals surface area contributed by atoms with Gasteiger partial charge < -0.3 is 5.32 Å². The number of aromatic nitrogens is 4. The Morgan fingerprint density at radius 1 is 1.36 bits per heavy atom. The molecule has 25 heavy (non-hydrogen) atoms. The third kappa shape index (κ3) is 4.83. The van der Waals surface area contributed by atoms with Crippen LogP contribution in [-0.4, -0.2) is 32.0 Å². The molecule has 0 radical (unpaired) electrons. The molecule has 0 saturated carbocycles. The molecule has 2 aromatic heterocycles. The van der Waals surface area contributed by atoms with E-state index in [1.54, 1.807) is 24.7 Å². The summed E-state index contributed by atoms with van der Waals surface area (Å²) in [5.74, 6) is -0.205. The maximum Gasteiger partial charge on any atom is 0.435 e. The maximum atomic E-state index is 12.6. The summed E-state index contributed by atoms with van der Waals surface area (Å²) in [6.45, 7) is 5.75. The Morgan fingerprint density at radius 3 is 2.56 bits per heavy atom. The molecule has 0 aliphatic rings. The zero-order valence-electron chi connectivity index (χ0n) is 14.1. The molecule has 0 spiro atoms. The molecule has 0 saturated heterocycles. The number of nitrogens with one attached hydrogen (secondary N) is 1. The molecule has 2 aromatic rings. The van der Waals surface area contributed by atoms with Crippen molar-refractivity contribution in [1.82, 2.24) is 24.9 Å². The number of alkyl halides is 3. The number of carbonyl (C=O) groups excluding carboxylic acids is 1. The van der Waals surface area contributed by atoms with Gasteiger partial charge in [0.25, 0.3) is 0 Å². The number of aryl methyl sites for hydroxylation is 3. The van der Waals surface area contributed by atoms with E-state index in [1.165, 1.54) is 4.68 Å². The molecular formula is C15H19BrF3N5O. The predicted molar refractivity (Wildman–Crippen MR) is 89.0 cm³/mol. The smallest absolute Gasteiger partial charge is 0.354 e. The first-order valence-corrected chi connectivity index (χ1v) is 8.49. The second kappa shape index (κ2) is 7.59. The van der Waals surface area contributed by atoms with E-state index in [0.29, 0.717) is 25.2 Å². The molecule has 0 aliphatic carbocycles. The first-order valence-electron chi connectivity index (χ1n) is 7.70. The lowest BCUT2D eigenvalue weighted by atomic mass is 10.3. The molecule has 6 nitrogen and oxygen atoms in total. The van der Waals surface area contributed by atoms with Gasteiger partial charge in [0.05, 0.1) is 10.2 Å². The monoisotopic (exact) mass is 421 g/mol. The summed E-state index contributed by atoms with van der Waals surface area (Å²) in [4.78, 5) is 12.1. The van der Waals surface area contributed by atoms with Crippen molar-refractivity contribution in [2.45, 2.75) is 46.0 Å². The van der Waals surface area contributed by atoms with Crippen molar-refractivity contribution in [3.63, 3.8) is 0 Å². The van der Waals surface area contributed by atoms with Crippen LogP contribution in [0.25, 0.3) is 0 Å². The van der Waals surface area contributed by atoms with Crippen molar-refractivity contribution < 1.29 is 18.0 Å². The molecule has 0 aromatic carbocycles. The highest BCUT2D eigenvalue weighted by Gasteiger charge is 2.34. The van der Waals surface area contributed by atoms with E-state index < -0.39 is 17.9 Å². The van der Waals surface area contributed by atoms with Gasteiger partial charge in [-0.25, -0.2) is 0 Å². The molecule has 10 heteroatoms. The minimum absolute atomic E-state index is 0.205. The van der Waals surface area contributed by atoms with E-state index in [9.17, 15) is 18.0 Å². The average molecular weight is 422 g/mol. The number of carbonyl (C=O) groups is 1. The van der Waals surface area contributed by atoms with Crippen LogP contribution in [0, 0.1) is 13.8 Å². The lowest BCUT2D eigenvalue weighted by molar-refractivity contribution is -0.141. The molecule has 0 bridgehead atoms. The topological polar surface area (TPSA) is 64.7 Å². The lowest BCUT2D eigenvalue weighted by Crippen LogP contribution is -2.32. The van der Waals surface area contributed by atoms with Crippen LogP contribution in [0.15, 0.2) is 16.7 Å². The Kier molecular flexibility index (Phi) is 5.91. The largest absolute Gasteiger partial charge is 0.435 e. The predicted octanol–water partition coefficient (Wildman–Crippen LogP) is 3.25. The fourth-order valence-corrected chi connectivity index (χ4v) is 2.53. The van der Waals surface area contributed by atoms with Crippen LogP contribution in [-0.2, 0) is 17.5 Å². The Hall–Kier alpha value is -1.84. The van der Waals surface area contributed by atoms with E-state index in [2.05, 4.69) is 31.4 Å². The van der Waals surface area contributed by atoms with E-state index in [-0.39, 0.29) is 5.91 Å². The van der Waals surface area contributed by atoms with Gasteiger partial charge in [-0.3, -0.25) is 14.2 Å². The van der Waals surface area contributed by atoms with Crippen LogP contribution in [0.5, 0.6) is 0 Å². The molecule has 0 aliphatic heterocycles. The maximum absolute atomic E-state index is 12.6. The van der Waals surface area contributed by atoms with Gasteiger partial charge in [-0.15, -0.1) is 0 Å². The highest BCUT2D eigenvalue weighted by Crippen LogP contribution is 2.28. The van der Waals surface area contributed by atoms with Crippen molar-refractivity contribution in [2.75, 3.05) is 6.54 Å². The van der Waals surface area contributed by atoms with Crippen LogP contribution in [0.1, 0.15) is 36.5 Å². The van der Waals surface area contributed by atoms with Gasteiger partial charge in [0.2, 0.25) is 5.91 Å². The van der Waals surface area contributed by atoms with Gasteiger partial charge in [-0.1, -0.05) is 0 Å². The van der Waals surface area contributed by atoms with Gasteiger partial charge in [-0.2, -0.15) is 23.4 Å². The van der Waals surface area contributed by atoms with Crippen LogP contribution in [0.2, 0.25) is 0 Å². The summed E-state index contributed by atoms with van der Waals surface area (Å²) in [5.41, 5.74) is 0.320. The molecule has 138 valence electrons. The van der Waals surface area contributed by atoms with Crippen molar-refractivity contribution in [3.05, 3.63) is 33.8 Å². The molecular weight excluding hydrogens is 403 g/mol. The first kappa shape index (κ1) is 19.5. The molecule has 0 fully saturated rings. The van der Waals surface area contributed by atoms with Crippen molar-refractivity contribution in [1.29, 1.82) is 0 Å². The zero-order chi connectivity index (χ0) is 18.8. The fraction of sp³-hybridized carbons (Fsp3) is 0.533. The van der Waals surface area contributed by atoms with Crippen molar-refractivity contribution in [2.24, 2.45) is 0 Å². The Morgan fingerprint density at radius 2 is 2.04 bits per heavy atom. The van der Waals surface area contributed by atoms with Crippen LogP contribution in [0.3, 0.4) is 0 Å². The van der Waals surface area contributed by atoms with Gasteiger partial charge in [0.1, 0.15) is 6.04 Å². The summed E-state index contributed by atoms with van der Waals surface area (Å²) in [7, 11) is 0. The minimum Gasteiger partial charge on any atom is -0.354 e. The average Bonchev–Trinajstić information content (AvgIpc) is 3.06. The standard InChI is InChI=1S/C15H19BrF3N5O/c1-9-7-13(15(17,18)19)22-23(9)6-4-5-20-14(25)11(3)24-8-12(16)10(2)21-24/h7-8,11H,4-6H2,1-3H3,(H,20,25). The number of hydrogen-bond acceptors (Lipinski definition) is 3. The Balaban J connectivity index is 1.83. The number of hydrogen-bond donors (Lipinski definition) is 1. The SMILES string of the molecule is Cc1nn(C(C)C(=O)NCCCn2nc(C(F)(F)F)cc2C)cc1Br. The van der Waals surface area contributed by atoms with Gasteiger partial charge in [-0.05, 0) is 49.2 Å². The van der Waals surface area contributed by atoms with Crippen molar-refractivity contribution in [3.8, 4) is 0 Å². The summed E-state index contributed by atoms with van der Waals surface area (Å²) in [6.07, 6.45) is -2.25. The first-order chi connectivity index (χ1) is 11.6. The molecule has 1 unspecified atom stereocenters. The second-order valence-corrected chi connectivity index (χ2v) is 6.61. The number of nitrogens with zero attached hydrogens (tertiary/aromatic N) is 4. The molecule has 1 N–H and O–H groups in total. The quantitative estimate of drug-likeness (QED) is 0.728. The summed E-state index contributed by atoms with van der Waals surface area (Å²) in [5, 5.41) is 10.5. The molecule has 1 amide bonds. The third-order valence-corrected chi connectivity index (χ3v) is 4.53. The van der Waals surface area contributed by atoms with Crippen LogP contribution < -0.4 is 5.32 Å². The summed E-state index contributed by atoms with van der Waals surface area (Å²) in [6, 6.07) is 0.534. The van der Waals surface area contributed by atoms with Crippen LogP contribution >= 0.6 is 15.9 Å². The van der Waals surface area contributed by atoms with E-state index in [0.717, 1.165) is 16.2 Å². The van der Waals surface area contributed by atoms with Crippen molar-refractivity contribution >= 4 is 21.8 Å². The molecule has 2 heterocycles. The Bertz CT molecular complexity index is 733. The van der Waals surface area contributed by atoms with E-state index >= 15 is 0 Å². The summed E-state index contributed by atoms with van der Waals surface area (Å²) < 4.78 is 41.5. The lowest BCUT2D eigenvalue weighted by Gasteiger charge is -2.13. The van der Waals surface area contributed by atoms with Crippen LogP contribution in [0.4, 0.5) is 13.2 Å².